The molecular formula is C27H23Cl2N5O3. The molecule has 0 aliphatic carbocycles. The summed E-state index contributed by atoms with van der Waals surface area (Å²) in [6.45, 7) is 0.826. The van der Waals surface area contributed by atoms with Crippen LogP contribution in [0.1, 0.15) is 27.4 Å². The predicted molar refractivity (Wildman–Crippen MR) is 142 cm³/mol. The molecule has 2 aromatic heterocycles. The van der Waals surface area contributed by atoms with E-state index in [2.05, 4.69) is 25.3 Å². The average Bonchev–Trinajstić information content (AvgIpc) is 3.57. The maximum absolute atomic E-state index is 12.8. The van der Waals surface area contributed by atoms with Gasteiger partial charge in [-0.3, -0.25) is 4.79 Å². The molecule has 0 aliphatic rings. The second-order valence-electron chi connectivity index (χ2n) is 8.26. The Morgan fingerprint density at radius 2 is 1.84 bits per heavy atom. The smallest absolute Gasteiger partial charge is 0.251 e. The van der Waals surface area contributed by atoms with Crippen molar-refractivity contribution in [3.8, 4) is 11.5 Å². The van der Waals surface area contributed by atoms with Gasteiger partial charge in [-0.2, -0.15) is 0 Å². The zero-order valence-corrected chi connectivity index (χ0v) is 21.1. The highest BCUT2D eigenvalue weighted by molar-refractivity contribution is 6.35. The van der Waals surface area contributed by atoms with E-state index in [1.165, 1.54) is 0 Å². The molecule has 0 aliphatic heterocycles. The van der Waals surface area contributed by atoms with Crippen molar-refractivity contribution in [3.05, 3.63) is 106 Å². The van der Waals surface area contributed by atoms with Crippen LogP contribution in [0.5, 0.6) is 11.5 Å². The zero-order chi connectivity index (χ0) is 25.6. The van der Waals surface area contributed by atoms with Crippen LogP contribution in [0.15, 0.2) is 73.2 Å². The lowest BCUT2D eigenvalue weighted by atomic mass is 10.1. The number of aromatic nitrogens is 4. The molecule has 0 saturated carbocycles. The highest BCUT2D eigenvalue weighted by atomic mass is 35.5. The van der Waals surface area contributed by atoms with E-state index in [1.807, 2.05) is 24.3 Å². The van der Waals surface area contributed by atoms with Gasteiger partial charge < -0.3 is 24.8 Å². The maximum Gasteiger partial charge on any atom is 0.251 e. The molecule has 0 bridgehead atoms. The van der Waals surface area contributed by atoms with Gasteiger partial charge in [0.1, 0.15) is 19.0 Å². The molecule has 0 fully saturated rings. The van der Waals surface area contributed by atoms with E-state index in [1.54, 1.807) is 48.9 Å². The lowest BCUT2D eigenvalue weighted by molar-refractivity contribution is 0.0953. The second-order valence-corrected chi connectivity index (χ2v) is 9.10. The molecule has 5 aromatic rings. The summed E-state index contributed by atoms with van der Waals surface area (Å²) in [7, 11) is 0. The molecule has 0 spiro atoms. The summed E-state index contributed by atoms with van der Waals surface area (Å²) in [5, 5.41) is 3.94. The van der Waals surface area contributed by atoms with Crippen molar-refractivity contribution in [2.24, 2.45) is 0 Å². The van der Waals surface area contributed by atoms with Gasteiger partial charge in [-0.15, -0.1) is 0 Å². The van der Waals surface area contributed by atoms with Gasteiger partial charge in [0.25, 0.3) is 5.91 Å². The number of hydrogen-bond donors (Lipinski definition) is 3. The fraction of sp³-hybridized carbons (Fsp3) is 0.148. The summed E-state index contributed by atoms with van der Waals surface area (Å²) in [4.78, 5) is 27.6. The summed E-state index contributed by atoms with van der Waals surface area (Å²) < 4.78 is 12.1. The summed E-state index contributed by atoms with van der Waals surface area (Å²) in [6, 6.07) is 18.0. The van der Waals surface area contributed by atoms with Crippen LogP contribution in [0.4, 0.5) is 0 Å². The van der Waals surface area contributed by atoms with Crippen LogP contribution < -0.4 is 14.8 Å². The van der Waals surface area contributed by atoms with Crippen LogP contribution in [0.3, 0.4) is 0 Å². The molecule has 0 radical (unpaired) electrons. The average molecular weight is 536 g/mol. The van der Waals surface area contributed by atoms with Crippen molar-refractivity contribution in [2.45, 2.75) is 19.6 Å². The first kappa shape index (κ1) is 24.7. The number of carbonyl (C=O) groups is 1. The van der Waals surface area contributed by atoms with Gasteiger partial charge in [0.2, 0.25) is 0 Å². The third kappa shape index (κ3) is 6.22. The second kappa shape index (κ2) is 11.4. The number of halogens is 2. The van der Waals surface area contributed by atoms with Crippen molar-refractivity contribution >= 4 is 40.1 Å². The molecule has 1 amide bonds. The van der Waals surface area contributed by atoms with Gasteiger partial charge >= 0.3 is 0 Å². The number of nitrogens with one attached hydrogen (secondary N) is 3. The van der Waals surface area contributed by atoms with Crippen LogP contribution in [-0.4, -0.2) is 32.4 Å². The Kier molecular flexibility index (Phi) is 7.58. The molecule has 10 heteroatoms. The molecule has 3 N–H and O–H groups in total. The summed E-state index contributed by atoms with van der Waals surface area (Å²) in [5.41, 5.74) is 3.93. The highest BCUT2D eigenvalue weighted by Gasteiger charge is 2.14. The number of fused-ring (bicyclic) bond motifs is 1. The van der Waals surface area contributed by atoms with Gasteiger partial charge in [-0.25, -0.2) is 9.97 Å². The van der Waals surface area contributed by atoms with E-state index in [4.69, 9.17) is 32.7 Å². The minimum atomic E-state index is -0.224. The standard InChI is InChI=1S/C27H23Cl2N5O3/c28-19-7-5-18(21(29)12-19)14-36-25-11-17(27(35)31-10-9-20-13-30-16-32-20)6-8-24(25)37-15-26-33-22-3-1-2-4-23(22)34-26/h1-8,11-13,16H,9-10,14-15H2,(H,30,32)(H,31,35)(H,33,34). The monoisotopic (exact) mass is 535 g/mol. The van der Waals surface area contributed by atoms with Gasteiger partial charge in [0.05, 0.1) is 17.4 Å². The van der Waals surface area contributed by atoms with Crippen molar-refractivity contribution in [2.75, 3.05) is 6.54 Å². The van der Waals surface area contributed by atoms with Crippen molar-refractivity contribution in [3.63, 3.8) is 0 Å². The van der Waals surface area contributed by atoms with E-state index in [9.17, 15) is 4.79 Å². The lowest BCUT2D eigenvalue weighted by Gasteiger charge is -2.15. The maximum atomic E-state index is 12.8. The van der Waals surface area contributed by atoms with Crippen LogP contribution in [0, 0.1) is 0 Å². The van der Waals surface area contributed by atoms with Crippen LogP contribution in [-0.2, 0) is 19.6 Å². The fourth-order valence-electron chi connectivity index (χ4n) is 3.73. The number of amides is 1. The van der Waals surface area contributed by atoms with Crippen molar-refractivity contribution < 1.29 is 14.3 Å². The Bertz CT molecular complexity index is 1490. The number of carbonyl (C=O) groups excluding carboxylic acids is 1. The largest absolute Gasteiger partial charge is 0.485 e. The third-order valence-electron chi connectivity index (χ3n) is 5.64. The summed E-state index contributed by atoms with van der Waals surface area (Å²) in [5.74, 6) is 1.33. The first-order chi connectivity index (χ1) is 18.0. The van der Waals surface area contributed by atoms with E-state index in [0.29, 0.717) is 45.9 Å². The quantitative estimate of drug-likeness (QED) is 0.212. The molecule has 0 saturated heterocycles. The van der Waals surface area contributed by atoms with Crippen LogP contribution in [0.25, 0.3) is 11.0 Å². The zero-order valence-electron chi connectivity index (χ0n) is 19.6. The Morgan fingerprint density at radius 1 is 0.973 bits per heavy atom. The number of nitrogens with zero attached hydrogens (tertiary/aromatic N) is 2. The highest BCUT2D eigenvalue weighted by Crippen LogP contribution is 2.31. The molecular weight excluding hydrogens is 513 g/mol. The molecule has 0 unspecified atom stereocenters. The van der Waals surface area contributed by atoms with E-state index in [0.717, 1.165) is 22.3 Å². The topological polar surface area (TPSA) is 105 Å². The number of H-pyrrole nitrogens is 2. The molecule has 8 nitrogen and oxygen atoms in total. The fourth-order valence-corrected chi connectivity index (χ4v) is 4.19. The van der Waals surface area contributed by atoms with E-state index in [-0.39, 0.29) is 19.1 Å². The van der Waals surface area contributed by atoms with Crippen molar-refractivity contribution in [1.82, 2.24) is 25.3 Å². The Balaban J connectivity index is 1.32. The number of hydrogen-bond acceptors (Lipinski definition) is 5. The molecule has 37 heavy (non-hydrogen) atoms. The number of ether oxygens (including phenoxy) is 2. The first-order valence-corrected chi connectivity index (χ1v) is 12.3. The number of imidazole rings is 2. The van der Waals surface area contributed by atoms with Crippen LogP contribution >= 0.6 is 23.2 Å². The first-order valence-electron chi connectivity index (χ1n) is 11.6. The van der Waals surface area contributed by atoms with Gasteiger partial charge in [0, 0.05) is 46.0 Å². The minimum absolute atomic E-state index is 0.169. The molecule has 188 valence electrons. The lowest BCUT2D eigenvalue weighted by Crippen LogP contribution is -2.25. The number of aromatic amines is 2. The van der Waals surface area contributed by atoms with Crippen molar-refractivity contribution in [1.29, 1.82) is 0 Å². The molecule has 5 rings (SSSR count). The van der Waals surface area contributed by atoms with Crippen LogP contribution in [0.2, 0.25) is 10.0 Å². The minimum Gasteiger partial charge on any atom is -0.485 e. The molecule has 3 aromatic carbocycles. The summed E-state index contributed by atoms with van der Waals surface area (Å²) >= 11 is 12.3. The Hall–Kier alpha value is -4.01. The van der Waals surface area contributed by atoms with Gasteiger partial charge in [-0.1, -0.05) is 41.4 Å². The Morgan fingerprint density at radius 3 is 2.65 bits per heavy atom. The van der Waals surface area contributed by atoms with E-state index < -0.39 is 0 Å². The van der Waals surface area contributed by atoms with E-state index >= 15 is 0 Å². The molecule has 0 atom stereocenters. The van der Waals surface area contributed by atoms with Gasteiger partial charge in [0.15, 0.2) is 11.5 Å². The normalized spacial score (nSPS) is 11.0. The van der Waals surface area contributed by atoms with Gasteiger partial charge in [-0.05, 0) is 42.5 Å². The number of rotatable bonds is 10. The number of benzene rings is 3. The predicted octanol–water partition coefficient (Wildman–Crippen LogP) is 5.72. The third-order valence-corrected chi connectivity index (χ3v) is 6.23. The molecule has 2 heterocycles. The Labute approximate surface area is 223 Å². The number of para-hydroxylation sites is 2. The summed E-state index contributed by atoms with van der Waals surface area (Å²) in [6.07, 6.45) is 3.98. The SMILES string of the molecule is O=C(NCCc1cnc[nH]1)c1ccc(OCc2nc3ccccc3[nH]2)c(OCc2ccc(Cl)cc2Cl)c1.